The maximum atomic E-state index is 12.1. The highest BCUT2D eigenvalue weighted by Crippen LogP contribution is 2.48. The summed E-state index contributed by atoms with van der Waals surface area (Å²) in [4.78, 5) is 0. The van der Waals surface area contributed by atoms with Gasteiger partial charge in [0, 0.05) is 0 Å². The summed E-state index contributed by atoms with van der Waals surface area (Å²) in [6, 6.07) is 6.04. The Morgan fingerprint density at radius 2 is 1.74 bits per heavy atom. The smallest absolute Gasteiger partial charge is 0.156 e. The summed E-state index contributed by atoms with van der Waals surface area (Å²) in [7, 11) is -2.99. The molecule has 104 valence electrons. The fourth-order valence-corrected chi connectivity index (χ4v) is 6.19. The maximum Gasteiger partial charge on any atom is 0.156 e. The number of aliphatic hydroxyl groups is 1. The van der Waals surface area contributed by atoms with Crippen LogP contribution in [0.2, 0.25) is 0 Å². The second kappa shape index (κ2) is 4.06. The van der Waals surface area contributed by atoms with E-state index >= 15 is 0 Å². The Labute approximate surface area is 114 Å². The van der Waals surface area contributed by atoms with E-state index < -0.39 is 15.4 Å². The lowest BCUT2D eigenvalue weighted by atomic mass is 9.83. The van der Waals surface area contributed by atoms with Gasteiger partial charge in [0.2, 0.25) is 0 Å². The predicted octanol–water partition coefficient (Wildman–Crippen LogP) is 2.23. The molecule has 0 radical (unpaired) electrons. The minimum atomic E-state index is -2.99. The number of sulfone groups is 1. The van der Waals surface area contributed by atoms with Crippen molar-refractivity contribution in [2.45, 2.75) is 55.6 Å². The van der Waals surface area contributed by atoms with Crippen LogP contribution in [-0.4, -0.2) is 24.0 Å². The molecule has 0 amide bonds. The van der Waals surface area contributed by atoms with Crippen LogP contribution in [-0.2, 0) is 15.4 Å². The molecule has 0 spiro atoms. The predicted molar refractivity (Wildman–Crippen MR) is 74.8 cm³/mol. The molecule has 4 heteroatoms. The van der Waals surface area contributed by atoms with E-state index in [1.165, 1.54) is 0 Å². The molecule has 0 aromatic heterocycles. The van der Waals surface area contributed by atoms with Crippen LogP contribution in [0.4, 0.5) is 0 Å². The van der Waals surface area contributed by atoms with Crippen LogP contribution in [0.25, 0.3) is 0 Å². The topological polar surface area (TPSA) is 54.4 Å². The van der Waals surface area contributed by atoms with Crippen LogP contribution in [0, 0.1) is 13.8 Å². The van der Waals surface area contributed by atoms with E-state index in [0.717, 1.165) is 16.7 Å². The molecule has 2 unspecified atom stereocenters. The Balaban J connectivity index is 2.04. The number of fused-ring (bicyclic) bond motifs is 2. The van der Waals surface area contributed by atoms with Gasteiger partial charge in [-0.15, -0.1) is 0 Å². The summed E-state index contributed by atoms with van der Waals surface area (Å²) in [5, 5.41) is 10.3. The van der Waals surface area contributed by atoms with Crippen molar-refractivity contribution in [3.8, 4) is 0 Å². The van der Waals surface area contributed by atoms with E-state index in [2.05, 4.69) is 0 Å². The molecule has 3 rings (SSSR count). The van der Waals surface area contributed by atoms with Gasteiger partial charge < -0.3 is 5.11 Å². The summed E-state index contributed by atoms with van der Waals surface area (Å²) >= 11 is 0. The largest absolute Gasteiger partial charge is 0.385 e. The van der Waals surface area contributed by atoms with Crippen molar-refractivity contribution in [1.29, 1.82) is 0 Å². The van der Waals surface area contributed by atoms with Crippen molar-refractivity contribution < 1.29 is 13.5 Å². The first-order chi connectivity index (χ1) is 8.83. The van der Waals surface area contributed by atoms with Gasteiger partial charge in [-0.05, 0) is 50.7 Å². The zero-order valence-electron chi connectivity index (χ0n) is 11.4. The van der Waals surface area contributed by atoms with Crippen LogP contribution < -0.4 is 0 Å². The molecule has 2 atom stereocenters. The van der Waals surface area contributed by atoms with Crippen molar-refractivity contribution >= 4 is 9.84 Å². The molecular weight excluding hydrogens is 260 g/mol. The van der Waals surface area contributed by atoms with Gasteiger partial charge in [-0.2, -0.15) is 0 Å². The van der Waals surface area contributed by atoms with Crippen LogP contribution in [0.1, 0.15) is 42.4 Å². The average molecular weight is 280 g/mol. The van der Waals surface area contributed by atoms with Gasteiger partial charge in [0.05, 0.1) is 16.1 Å². The highest BCUT2D eigenvalue weighted by Gasteiger charge is 2.53. The van der Waals surface area contributed by atoms with Crippen molar-refractivity contribution in [2.24, 2.45) is 0 Å². The third kappa shape index (κ3) is 1.93. The van der Waals surface area contributed by atoms with Gasteiger partial charge in [0.15, 0.2) is 9.84 Å². The van der Waals surface area contributed by atoms with Gasteiger partial charge in [-0.3, -0.25) is 0 Å². The zero-order valence-corrected chi connectivity index (χ0v) is 12.2. The number of benzene rings is 1. The van der Waals surface area contributed by atoms with E-state index in [9.17, 15) is 13.5 Å². The number of hydrogen-bond donors (Lipinski definition) is 1. The zero-order chi connectivity index (χ0) is 13.8. The maximum absolute atomic E-state index is 12.1. The van der Waals surface area contributed by atoms with Gasteiger partial charge in [-0.1, -0.05) is 23.8 Å². The van der Waals surface area contributed by atoms with Gasteiger partial charge >= 0.3 is 0 Å². The van der Waals surface area contributed by atoms with E-state index in [1.54, 1.807) is 0 Å². The first-order valence-electron chi connectivity index (χ1n) is 6.86. The SMILES string of the molecule is Cc1ccc(C)c(C2(O)CC3CCC(C2)S3(=O)=O)c1. The summed E-state index contributed by atoms with van der Waals surface area (Å²) in [6.07, 6.45) is 2.13. The average Bonchev–Trinajstić information content (AvgIpc) is 2.53. The molecule has 1 aromatic carbocycles. The molecule has 0 saturated carbocycles. The van der Waals surface area contributed by atoms with Crippen LogP contribution in [0.5, 0.6) is 0 Å². The molecule has 1 N–H and O–H groups in total. The fraction of sp³-hybridized carbons (Fsp3) is 0.600. The van der Waals surface area contributed by atoms with E-state index in [1.807, 2.05) is 32.0 Å². The monoisotopic (exact) mass is 280 g/mol. The van der Waals surface area contributed by atoms with Crippen LogP contribution in [0.3, 0.4) is 0 Å². The number of aryl methyl sites for hydroxylation is 2. The number of rotatable bonds is 1. The van der Waals surface area contributed by atoms with Crippen molar-refractivity contribution in [1.82, 2.24) is 0 Å². The summed E-state index contributed by atoms with van der Waals surface area (Å²) in [5.74, 6) is 0. The van der Waals surface area contributed by atoms with Crippen molar-refractivity contribution in [2.75, 3.05) is 0 Å². The first-order valence-corrected chi connectivity index (χ1v) is 8.47. The first kappa shape index (κ1) is 13.1. The molecular formula is C15H20O3S. The Kier molecular flexibility index (Phi) is 2.81. The Bertz CT molecular complexity index is 598. The highest BCUT2D eigenvalue weighted by atomic mass is 32.2. The fourth-order valence-electron chi connectivity index (χ4n) is 3.70. The van der Waals surface area contributed by atoms with Crippen molar-refractivity contribution in [3.05, 3.63) is 34.9 Å². The third-order valence-electron chi connectivity index (χ3n) is 4.76. The summed E-state index contributed by atoms with van der Waals surface area (Å²) < 4.78 is 24.3. The van der Waals surface area contributed by atoms with Gasteiger partial charge in [0.1, 0.15) is 0 Å². The van der Waals surface area contributed by atoms with E-state index in [-0.39, 0.29) is 10.5 Å². The van der Waals surface area contributed by atoms with E-state index in [0.29, 0.717) is 25.7 Å². The lowest BCUT2D eigenvalue weighted by Crippen LogP contribution is -2.43. The molecule has 2 heterocycles. The Morgan fingerprint density at radius 3 is 2.32 bits per heavy atom. The summed E-state index contributed by atoms with van der Waals surface area (Å²) in [5.41, 5.74) is 2.11. The van der Waals surface area contributed by atoms with Gasteiger partial charge in [0.25, 0.3) is 0 Å². The van der Waals surface area contributed by atoms with Crippen LogP contribution in [0.15, 0.2) is 18.2 Å². The normalized spacial score (nSPS) is 36.4. The second-order valence-electron chi connectivity index (χ2n) is 6.17. The molecule has 2 fully saturated rings. The van der Waals surface area contributed by atoms with Crippen molar-refractivity contribution in [3.63, 3.8) is 0 Å². The lowest BCUT2D eigenvalue weighted by Gasteiger charge is -2.37. The van der Waals surface area contributed by atoms with Gasteiger partial charge in [-0.25, -0.2) is 8.42 Å². The molecule has 0 aliphatic carbocycles. The van der Waals surface area contributed by atoms with E-state index in [4.69, 9.17) is 0 Å². The molecule has 2 aliphatic heterocycles. The molecule has 2 saturated heterocycles. The summed E-state index contributed by atoms with van der Waals surface area (Å²) in [6.45, 7) is 3.98. The lowest BCUT2D eigenvalue weighted by molar-refractivity contribution is 0.0167. The number of hydrogen-bond acceptors (Lipinski definition) is 3. The van der Waals surface area contributed by atoms with Crippen LogP contribution >= 0.6 is 0 Å². The minimum absolute atomic E-state index is 0.351. The quantitative estimate of drug-likeness (QED) is 0.858. The molecule has 19 heavy (non-hydrogen) atoms. The third-order valence-corrected chi connectivity index (χ3v) is 7.43. The molecule has 2 bridgehead atoms. The minimum Gasteiger partial charge on any atom is -0.385 e. The highest BCUT2D eigenvalue weighted by molar-refractivity contribution is 7.93. The molecule has 1 aromatic rings. The Morgan fingerprint density at radius 1 is 1.16 bits per heavy atom. The molecule has 3 nitrogen and oxygen atoms in total. The standard InChI is InChI=1S/C15H20O3S/c1-10-3-4-11(2)14(7-10)15(16)8-12-5-6-13(9-15)19(12,17)18/h3-4,7,12-13,16H,5-6,8-9H2,1-2H3. The second-order valence-corrected chi connectivity index (χ2v) is 8.68. The Hall–Kier alpha value is -0.870. The molecule has 2 aliphatic rings.